The normalized spacial score (nSPS) is 18.7. The summed E-state index contributed by atoms with van der Waals surface area (Å²) >= 11 is 0. The molecule has 7 heteroatoms. The number of piperazine rings is 1. The molecule has 0 bridgehead atoms. The quantitative estimate of drug-likeness (QED) is 0.933. The molecular formula is C17H19F2N3O2. The van der Waals surface area contributed by atoms with Gasteiger partial charge in [-0.05, 0) is 25.5 Å². The Bertz CT molecular complexity index is 760. The Labute approximate surface area is 138 Å². The molecule has 1 atom stereocenters. The van der Waals surface area contributed by atoms with Crippen LogP contribution in [0.15, 0.2) is 22.6 Å². The summed E-state index contributed by atoms with van der Waals surface area (Å²) in [5.41, 5.74) is 0.774. The van der Waals surface area contributed by atoms with Crippen LogP contribution in [0.4, 0.5) is 8.78 Å². The number of nitrogens with zero attached hydrogens (tertiary/aromatic N) is 2. The number of hydrogen-bond donors (Lipinski definition) is 1. The van der Waals surface area contributed by atoms with Crippen LogP contribution in [0.3, 0.4) is 0 Å². The van der Waals surface area contributed by atoms with Gasteiger partial charge in [-0.15, -0.1) is 0 Å². The highest BCUT2D eigenvalue weighted by Gasteiger charge is 2.29. The molecule has 0 aliphatic carbocycles. The minimum Gasteiger partial charge on any atom is -0.441 e. The topological polar surface area (TPSA) is 58.4 Å². The number of rotatable bonds is 4. The SMILES string of the molecule is CC[C@@H]1C(=O)NCCN1Cc1nc(-c2ccc(F)cc2F)oc1C. The first-order valence-corrected chi connectivity index (χ1v) is 7.93. The Kier molecular flexibility index (Phi) is 4.62. The van der Waals surface area contributed by atoms with E-state index in [0.717, 1.165) is 12.6 Å². The van der Waals surface area contributed by atoms with Crippen LogP contribution in [0.25, 0.3) is 11.5 Å². The van der Waals surface area contributed by atoms with Gasteiger partial charge in [-0.3, -0.25) is 9.69 Å². The van der Waals surface area contributed by atoms with E-state index in [1.54, 1.807) is 6.92 Å². The predicted octanol–water partition coefficient (Wildman–Crippen LogP) is 2.64. The lowest BCUT2D eigenvalue weighted by molar-refractivity contribution is -0.129. The molecule has 1 aliphatic heterocycles. The van der Waals surface area contributed by atoms with Crippen molar-refractivity contribution in [1.82, 2.24) is 15.2 Å². The second kappa shape index (κ2) is 6.68. The van der Waals surface area contributed by atoms with Crippen molar-refractivity contribution in [3.63, 3.8) is 0 Å². The first kappa shape index (κ1) is 16.6. The Hall–Kier alpha value is -2.28. The van der Waals surface area contributed by atoms with E-state index in [-0.39, 0.29) is 23.4 Å². The fourth-order valence-electron chi connectivity index (χ4n) is 2.94. The molecule has 3 rings (SSSR count). The second-order valence-corrected chi connectivity index (χ2v) is 5.83. The molecule has 128 valence electrons. The molecule has 2 heterocycles. The standard InChI is InChI=1S/C17H19F2N3O2/c1-3-15-16(23)20-6-7-22(15)9-14-10(2)24-17(21-14)12-5-4-11(18)8-13(12)19/h4-5,8,15H,3,6-7,9H2,1-2H3,(H,20,23)/t15-/m1/s1. The van der Waals surface area contributed by atoms with Crippen molar-refractivity contribution in [3.05, 3.63) is 41.3 Å². The third kappa shape index (κ3) is 3.17. The zero-order valence-electron chi connectivity index (χ0n) is 13.6. The lowest BCUT2D eigenvalue weighted by Gasteiger charge is -2.33. The Morgan fingerprint density at radius 2 is 2.21 bits per heavy atom. The van der Waals surface area contributed by atoms with Crippen LogP contribution in [0, 0.1) is 18.6 Å². The van der Waals surface area contributed by atoms with Crippen LogP contribution < -0.4 is 5.32 Å². The first-order chi connectivity index (χ1) is 11.5. The molecule has 1 aromatic heterocycles. The van der Waals surface area contributed by atoms with Crippen molar-refractivity contribution in [2.45, 2.75) is 32.9 Å². The predicted molar refractivity (Wildman–Crippen MR) is 84.1 cm³/mol. The van der Waals surface area contributed by atoms with Crippen LogP contribution in [0.1, 0.15) is 24.8 Å². The van der Waals surface area contributed by atoms with Crippen LogP contribution in [-0.4, -0.2) is 34.9 Å². The average molecular weight is 335 g/mol. The molecule has 24 heavy (non-hydrogen) atoms. The van der Waals surface area contributed by atoms with Gasteiger partial charge in [0.1, 0.15) is 17.4 Å². The molecule has 0 unspecified atom stereocenters. The smallest absolute Gasteiger partial charge is 0.237 e. The average Bonchev–Trinajstić information content (AvgIpc) is 2.88. The summed E-state index contributed by atoms with van der Waals surface area (Å²) in [5, 5.41) is 2.85. The molecule has 0 radical (unpaired) electrons. The molecule has 1 N–H and O–H groups in total. The van der Waals surface area contributed by atoms with E-state index in [0.29, 0.717) is 31.0 Å². The number of oxazole rings is 1. The summed E-state index contributed by atoms with van der Waals surface area (Å²) in [7, 11) is 0. The number of carbonyl (C=O) groups excluding carboxylic acids is 1. The molecular weight excluding hydrogens is 316 g/mol. The molecule has 1 saturated heterocycles. The summed E-state index contributed by atoms with van der Waals surface area (Å²) in [6.07, 6.45) is 0.697. The molecule has 0 saturated carbocycles. The van der Waals surface area contributed by atoms with E-state index in [2.05, 4.69) is 10.3 Å². The highest BCUT2D eigenvalue weighted by atomic mass is 19.1. The van der Waals surface area contributed by atoms with E-state index in [1.165, 1.54) is 12.1 Å². The number of amides is 1. The molecule has 1 aliphatic rings. The van der Waals surface area contributed by atoms with Gasteiger partial charge in [0.2, 0.25) is 11.8 Å². The zero-order valence-corrected chi connectivity index (χ0v) is 13.6. The number of carbonyl (C=O) groups is 1. The maximum Gasteiger partial charge on any atom is 0.237 e. The molecule has 0 spiro atoms. The highest BCUT2D eigenvalue weighted by Crippen LogP contribution is 2.26. The lowest BCUT2D eigenvalue weighted by atomic mass is 10.1. The van der Waals surface area contributed by atoms with Gasteiger partial charge in [-0.2, -0.15) is 0 Å². The lowest BCUT2D eigenvalue weighted by Crippen LogP contribution is -2.54. The van der Waals surface area contributed by atoms with Gasteiger partial charge >= 0.3 is 0 Å². The van der Waals surface area contributed by atoms with Crippen LogP contribution >= 0.6 is 0 Å². The number of aryl methyl sites for hydroxylation is 1. The number of hydrogen-bond acceptors (Lipinski definition) is 4. The van der Waals surface area contributed by atoms with Crippen LogP contribution in [0.2, 0.25) is 0 Å². The first-order valence-electron chi connectivity index (χ1n) is 7.93. The number of benzene rings is 1. The Morgan fingerprint density at radius 1 is 1.42 bits per heavy atom. The molecule has 1 aromatic carbocycles. The van der Waals surface area contributed by atoms with Crippen LogP contribution in [-0.2, 0) is 11.3 Å². The summed E-state index contributed by atoms with van der Waals surface area (Å²) in [6, 6.07) is 3.07. The van der Waals surface area contributed by atoms with Crippen molar-refractivity contribution >= 4 is 5.91 Å². The molecule has 1 fully saturated rings. The van der Waals surface area contributed by atoms with Crippen molar-refractivity contribution in [1.29, 1.82) is 0 Å². The maximum absolute atomic E-state index is 13.9. The number of nitrogens with one attached hydrogen (secondary N) is 1. The van der Waals surface area contributed by atoms with E-state index in [9.17, 15) is 13.6 Å². The second-order valence-electron chi connectivity index (χ2n) is 5.83. The molecule has 2 aromatic rings. The summed E-state index contributed by atoms with van der Waals surface area (Å²) < 4.78 is 32.5. The third-order valence-corrected chi connectivity index (χ3v) is 4.24. The van der Waals surface area contributed by atoms with E-state index >= 15 is 0 Å². The minimum atomic E-state index is -0.716. The summed E-state index contributed by atoms with van der Waals surface area (Å²) in [4.78, 5) is 18.3. The fourth-order valence-corrected chi connectivity index (χ4v) is 2.94. The van der Waals surface area contributed by atoms with Gasteiger partial charge in [0.15, 0.2) is 0 Å². The van der Waals surface area contributed by atoms with Gasteiger partial charge in [0.05, 0.1) is 17.3 Å². The van der Waals surface area contributed by atoms with E-state index in [1.807, 2.05) is 11.8 Å². The van der Waals surface area contributed by atoms with Crippen LogP contribution in [0.5, 0.6) is 0 Å². The van der Waals surface area contributed by atoms with E-state index < -0.39 is 11.6 Å². The largest absolute Gasteiger partial charge is 0.441 e. The third-order valence-electron chi connectivity index (χ3n) is 4.24. The zero-order chi connectivity index (χ0) is 17.3. The van der Waals surface area contributed by atoms with Crippen molar-refractivity contribution < 1.29 is 18.0 Å². The summed E-state index contributed by atoms with van der Waals surface area (Å²) in [6.45, 7) is 5.46. The number of halogens is 2. The number of aromatic nitrogens is 1. The van der Waals surface area contributed by atoms with Gasteiger partial charge < -0.3 is 9.73 Å². The van der Waals surface area contributed by atoms with Crippen molar-refractivity contribution in [3.8, 4) is 11.5 Å². The molecule has 1 amide bonds. The van der Waals surface area contributed by atoms with Gasteiger partial charge in [-0.1, -0.05) is 6.92 Å². The van der Waals surface area contributed by atoms with E-state index in [4.69, 9.17) is 4.42 Å². The molecule has 5 nitrogen and oxygen atoms in total. The highest BCUT2D eigenvalue weighted by molar-refractivity contribution is 5.82. The minimum absolute atomic E-state index is 0.00898. The summed E-state index contributed by atoms with van der Waals surface area (Å²) in [5.74, 6) is -0.671. The van der Waals surface area contributed by atoms with Gasteiger partial charge in [0, 0.05) is 25.7 Å². The van der Waals surface area contributed by atoms with Crippen molar-refractivity contribution in [2.75, 3.05) is 13.1 Å². The maximum atomic E-state index is 13.9. The fraction of sp³-hybridized carbons (Fsp3) is 0.412. The Balaban J connectivity index is 1.85. The van der Waals surface area contributed by atoms with Crippen molar-refractivity contribution in [2.24, 2.45) is 0 Å². The Morgan fingerprint density at radius 3 is 2.92 bits per heavy atom. The van der Waals surface area contributed by atoms with Gasteiger partial charge in [-0.25, -0.2) is 13.8 Å². The van der Waals surface area contributed by atoms with Gasteiger partial charge in [0.25, 0.3) is 0 Å². The monoisotopic (exact) mass is 335 g/mol.